The van der Waals surface area contributed by atoms with Gasteiger partial charge in [0.2, 0.25) is 0 Å². The summed E-state index contributed by atoms with van der Waals surface area (Å²) in [7, 11) is 0. The molecule has 18 heavy (non-hydrogen) atoms. The van der Waals surface area contributed by atoms with Crippen LogP contribution < -0.4 is 0 Å². The fourth-order valence-electron chi connectivity index (χ4n) is 2.69. The van der Waals surface area contributed by atoms with Crippen LogP contribution in [0.15, 0.2) is 36.5 Å². The lowest BCUT2D eigenvalue weighted by atomic mass is 10.1. The third-order valence-corrected chi connectivity index (χ3v) is 3.75. The summed E-state index contributed by atoms with van der Waals surface area (Å²) in [6.07, 6.45) is 4.26. The van der Waals surface area contributed by atoms with Crippen LogP contribution in [0.1, 0.15) is 30.1 Å². The van der Waals surface area contributed by atoms with Crippen molar-refractivity contribution in [2.24, 2.45) is 0 Å². The van der Waals surface area contributed by atoms with Gasteiger partial charge >= 0.3 is 0 Å². The molecule has 3 rings (SSSR count). The lowest BCUT2D eigenvalue weighted by molar-refractivity contribution is 0.244. The van der Waals surface area contributed by atoms with Gasteiger partial charge in [-0.1, -0.05) is 23.7 Å². The highest BCUT2D eigenvalue weighted by Crippen LogP contribution is 2.32. The molecule has 1 aromatic carbocycles. The molecule has 2 aromatic rings. The Labute approximate surface area is 112 Å². The number of rotatable bonds is 3. The van der Waals surface area contributed by atoms with Crippen molar-refractivity contribution in [2.75, 3.05) is 6.54 Å². The van der Waals surface area contributed by atoms with Gasteiger partial charge in [-0.05, 0) is 43.1 Å². The summed E-state index contributed by atoms with van der Waals surface area (Å²) >= 11 is 6.03. The zero-order valence-electron chi connectivity index (χ0n) is 10.1. The summed E-state index contributed by atoms with van der Waals surface area (Å²) in [6.45, 7) is 2.08. The lowest BCUT2D eigenvalue weighted by Crippen LogP contribution is -2.23. The largest absolute Gasteiger partial charge is 0.291 e. The van der Waals surface area contributed by atoms with Crippen LogP contribution in [0.2, 0.25) is 5.02 Å². The monoisotopic (exact) mass is 261 g/mol. The van der Waals surface area contributed by atoms with E-state index in [4.69, 9.17) is 11.6 Å². The SMILES string of the molecule is Clc1cccc(CN2CCC[C@H]2c2ccn[nH]2)c1. The van der Waals surface area contributed by atoms with Crippen LogP contribution in [-0.4, -0.2) is 21.6 Å². The number of hydrogen-bond acceptors (Lipinski definition) is 2. The molecule has 1 aromatic heterocycles. The standard InChI is InChI=1S/C14H16ClN3/c15-12-4-1-3-11(9-12)10-18-8-2-5-14(18)13-6-7-16-17-13/h1,3-4,6-7,9,14H,2,5,8,10H2,(H,16,17)/t14-/m0/s1. The van der Waals surface area contributed by atoms with E-state index in [2.05, 4.69) is 27.2 Å². The van der Waals surface area contributed by atoms with Gasteiger partial charge in [-0.2, -0.15) is 5.10 Å². The molecule has 0 saturated carbocycles. The van der Waals surface area contributed by atoms with Gasteiger partial charge in [0.05, 0.1) is 11.7 Å². The third kappa shape index (κ3) is 2.42. The fourth-order valence-corrected chi connectivity index (χ4v) is 2.90. The first-order valence-corrected chi connectivity index (χ1v) is 6.68. The minimum atomic E-state index is 0.464. The predicted molar refractivity (Wildman–Crippen MR) is 72.4 cm³/mol. The highest BCUT2D eigenvalue weighted by atomic mass is 35.5. The van der Waals surface area contributed by atoms with Gasteiger partial charge in [0, 0.05) is 17.8 Å². The van der Waals surface area contributed by atoms with Crippen molar-refractivity contribution < 1.29 is 0 Å². The topological polar surface area (TPSA) is 31.9 Å². The predicted octanol–water partition coefficient (Wildman–Crippen LogP) is 3.40. The van der Waals surface area contributed by atoms with Gasteiger partial charge in [-0.15, -0.1) is 0 Å². The second-order valence-electron chi connectivity index (χ2n) is 4.77. The molecule has 0 spiro atoms. The molecule has 0 unspecified atom stereocenters. The van der Waals surface area contributed by atoms with Gasteiger partial charge < -0.3 is 0 Å². The first kappa shape index (κ1) is 11.8. The average molecular weight is 262 g/mol. The second-order valence-corrected chi connectivity index (χ2v) is 5.21. The first-order valence-electron chi connectivity index (χ1n) is 6.31. The number of benzene rings is 1. The van der Waals surface area contributed by atoms with Gasteiger partial charge in [0.15, 0.2) is 0 Å². The Balaban J connectivity index is 1.76. The van der Waals surface area contributed by atoms with E-state index < -0.39 is 0 Å². The Bertz CT molecular complexity index is 510. The van der Waals surface area contributed by atoms with Crippen LogP contribution in [0.3, 0.4) is 0 Å². The number of hydrogen-bond donors (Lipinski definition) is 1. The summed E-state index contributed by atoms with van der Waals surface area (Å²) in [5.41, 5.74) is 2.49. The zero-order valence-corrected chi connectivity index (χ0v) is 10.9. The van der Waals surface area contributed by atoms with Crippen molar-refractivity contribution in [2.45, 2.75) is 25.4 Å². The molecule has 1 aliphatic heterocycles. The highest BCUT2D eigenvalue weighted by molar-refractivity contribution is 6.30. The molecule has 1 saturated heterocycles. The van der Waals surface area contributed by atoms with E-state index in [1.54, 1.807) is 0 Å². The maximum atomic E-state index is 6.03. The Morgan fingerprint density at radius 1 is 1.39 bits per heavy atom. The van der Waals surface area contributed by atoms with Crippen LogP contribution >= 0.6 is 11.6 Å². The van der Waals surface area contributed by atoms with Crippen LogP contribution in [0.5, 0.6) is 0 Å². The van der Waals surface area contributed by atoms with Crippen molar-refractivity contribution in [3.05, 3.63) is 52.8 Å². The number of nitrogens with zero attached hydrogens (tertiary/aromatic N) is 2. The maximum absolute atomic E-state index is 6.03. The minimum absolute atomic E-state index is 0.464. The molecule has 1 aliphatic rings. The summed E-state index contributed by atoms with van der Waals surface area (Å²) < 4.78 is 0. The number of nitrogens with one attached hydrogen (secondary N) is 1. The Kier molecular flexibility index (Phi) is 3.35. The minimum Gasteiger partial charge on any atom is -0.291 e. The molecular formula is C14H16ClN3. The van der Waals surface area contributed by atoms with Gasteiger partial charge in [0.25, 0.3) is 0 Å². The van der Waals surface area contributed by atoms with Crippen molar-refractivity contribution in [3.8, 4) is 0 Å². The van der Waals surface area contributed by atoms with E-state index in [0.717, 1.165) is 18.1 Å². The number of aromatic nitrogens is 2. The van der Waals surface area contributed by atoms with Crippen LogP contribution in [0.25, 0.3) is 0 Å². The van der Waals surface area contributed by atoms with Crippen LogP contribution in [-0.2, 0) is 6.54 Å². The van der Waals surface area contributed by atoms with E-state index >= 15 is 0 Å². The van der Waals surface area contributed by atoms with Gasteiger partial charge in [-0.3, -0.25) is 10.00 Å². The summed E-state index contributed by atoms with van der Waals surface area (Å²) in [6, 6.07) is 10.6. The van der Waals surface area contributed by atoms with E-state index in [9.17, 15) is 0 Å². The molecular weight excluding hydrogens is 246 g/mol. The van der Waals surface area contributed by atoms with E-state index in [0.29, 0.717) is 6.04 Å². The second kappa shape index (κ2) is 5.12. The lowest BCUT2D eigenvalue weighted by Gasteiger charge is -2.23. The smallest absolute Gasteiger partial charge is 0.0523 e. The third-order valence-electron chi connectivity index (χ3n) is 3.52. The number of aromatic amines is 1. The molecule has 1 fully saturated rings. The van der Waals surface area contributed by atoms with Crippen molar-refractivity contribution in [1.29, 1.82) is 0 Å². The van der Waals surface area contributed by atoms with Gasteiger partial charge in [0.1, 0.15) is 0 Å². The molecule has 4 heteroatoms. The number of H-pyrrole nitrogens is 1. The zero-order chi connectivity index (χ0) is 12.4. The van der Waals surface area contributed by atoms with Gasteiger partial charge in [-0.25, -0.2) is 0 Å². The summed E-state index contributed by atoms with van der Waals surface area (Å²) in [5.74, 6) is 0. The van der Waals surface area contributed by atoms with E-state index in [-0.39, 0.29) is 0 Å². The van der Waals surface area contributed by atoms with E-state index in [1.165, 1.54) is 24.1 Å². The van der Waals surface area contributed by atoms with Crippen molar-refractivity contribution in [1.82, 2.24) is 15.1 Å². The molecule has 3 nitrogen and oxygen atoms in total. The molecule has 1 atom stereocenters. The molecule has 94 valence electrons. The molecule has 0 amide bonds. The molecule has 2 heterocycles. The first-order chi connectivity index (χ1) is 8.83. The van der Waals surface area contributed by atoms with E-state index in [1.807, 2.05) is 24.4 Å². The Morgan fingerprint density at radius 2 is 2.33 bits per heavy atom. The molecule has 0 bridgehead atoms. The quantitative estimate of drug-likeness (QED) is 0.918. The average Bonchev–Trinajstić information content (AvgIpc) is 2.98. The molecule has 0 radical (unpaired) electrons. The number of likely N-dealkylation sites (tertiary alicyclic amines) is 1. The molecule has 0 aliphatic carbocycles. The van der Waals surface area contributed by atoms with Crippen LogP contribution in [0, 0.1) is 0 Å². The highest BCUT2D eigenvalue weighted by Gasteiger charge is 2.26. The molecule has 1 N–H and O–H groups in total. The fraction of sp³-hybridized carbons (Fsp3) is 0.357. The Hall–Kier alpha value is -1.32. The summed E-state index contributed by atoms with van der Waals surface area (Å²) in [5, 5.41) is 7.95. The summed E-state index contributed by atoms with van der Waals surface area (Å²) in [4.78, 5) is 2.49. The maximum Gasteiger partial charge on any atom is 0.0523 e. The van der Waals surface area contributed by atoms with Crippen molar-refractivity contribution in [3.63, 3.8) is 0 Å². The number of halogens is 1. The van der Waals surface area contributed by atoms with Crippen molar-refractivity contribution >= 4 is 11.6 Å². The van der Waals surface area contributed by atoms with Crippen LogP contribution in [0.4, 0.5) is 0 Å². The Morgan fingerprint density at radius 3 is 3.11 bits per heavy atom. The normalized spacial score (nSPS) is 20.4.